The van der Waals surface area contributed by atoms with Crippen LogP contribution in [0, 0.1) is 6.92 Å². The van der Waals surface area contributed by atoms with E-state index in [0.717, 1.165) is 5.71 Å². The number of rotatable bonds is 4. The molecule has 0 spiro atoms. The second-order valence-corrected chi connectivity index (χ2v) is 4.53. The van der Waals surface area contributed by atoms with Crippen LogP contribution in [0.15, 0.2) is 42.2 Å². The van der Waals surface area contributed by atoms with E-state index in [0.29, 0.717) is 0 Å². The van der Waals surface area contributed by atoms with E-state index in [1.165, 1.54) is 9.88 Å². The van der Waals surface area contributed by atoms with Crippen molar-refractivity contribution >= 4 is 22.0 Å². The molecule has 2 nitrogen and oxygen atoms in total. The first-order valence-corrected chi connectivity index (χ1v) is 5.58. The van der Waals surface area contributed by atoms with Gasteiger partial charge in [0.25, 0.3) is 0 Å². The molecule has 0 N–H and O–H groups in total. The Hall–Kier alpha value is -1.35. The van der Waals surface area contributed by atoms with Gasteiger partial charge in [-0.1, -0.05) is 6.58 Å². The van der Waals surface area contributed by atoms with Crippen molar-refractivity contribution in [2.24, 2.45) is 4.99 Å². The minimum Gasteiger partial charge on any atom is -0.343 e. The minimum absolute atomic E-state index is 0.949. The summed E-state index contributed by atoms with van der Waals surface area (Å²) in [5, 5.41) is 1.23. The van der Waals surface area contributed by atoms with Crippen LogP contribution in [0.1, 0.15) is 11.8 Å². The third-order valence-electron chi connectivity index (χ3n) is 1.91. The third-order valence-corrected chi connectivity index (χ3v) is 3.00. The molecular weight excluding hydrogens is 204 g/mol. The molecule has 0 aliphatic rings. The molecule has 0 radical (unpaired) electrons. The van der Waals surface area contributed by atoms with Gasteiger partial charge in [-0.25, -0.2) is 0 Å². The van der Waals surface area contributed by atoms with Crippen molar-refractivity contribution in [1.82, 2.24) is 0 Å². The lowest BCUT2D eigenvalue weighted by molar-refractivity contribution is 1.24. The molecule has 0 aromatic carbocycles. The van der Waals surface area contributed by atoms with Gasteiger partial charge in [-0.3, -0.25) is 4.99 Å². The molecule has 3 heteroatoms. The molecular formula is C12H16N2S. The number of thiophene rings is 1. The maximum absolute atomic E-state index is 4.07. The Morgan fingerprint density at radius 3 is 2.80 bits per heavy atom. The van der Waals surface area contributed by atoms with Crippen LogP contribution < -0.4 is 4.90 Å². The highest BCUT2D eigenvalue weighted by Gasteiger charge is 1.98. The van der Waals surface area contributed by atoms with E-state index in [2.05, 4.69) is 35.5 Å². The van der Waals surface area contributed by atoms with Gasteiger partial charge in [-0.15, -0.1) is 11.3 Å². The summed E-state index contributed by atoms with van der Waals surface area (Å²) in [5.41, 5.74) is 0.949. The van der Waals surface area contributed by atoms with Gasteiger partial charge in [0, 0.05) is 30.0 Å². The zero-order valence-electron chi connectivity index (χ0n) is 9.40. The second kappa shape index (κ2) is 5.51. The number of nitrogens with zero attached hydrogens (tertiary/aromatic N) is 2. The van der Waals surface area contributed by atoms with Crippen molar-refractivity contribution < 1.29 is 0 Å². The van der Waals surface area contributed by atoms with Crippen molar-refractivity contribution in [2.75, 3.05) is 11.9 Å². The largest absolute Gasteiger partial charge is 0.343 e. The van der Waals surface area contributed by atoms with Crippen LogP contribution in [0.5, 0.6) is 0 Å². The molecule has 0 atom stereocenters. The first kappa shape index (κ1) is 11.7. The number of allylic oxidation sites excluding steroid dienone is 1. The summed E-state index contributed by atoms with van der Waals surface area (Å²) >= 11 is 1.78. The Labute approximate surface area is 95.3 Å². The quantitative estimate of drug-likeness (QED) is 0.708. The lowest BCUT2D eigenvalue weighted by Crippen LogP contribution is -2.06. The second-order valence-electron chi connectivity index (χ2n) is 3.26. The Morgan fingerprint density at radius 2 is 2.27 bits per heavy atom. The smallest absolute Gasteiger partial charge is 0.0948 e. The first-order valence-electron chi connectivity index (χ1n) is 4.76. The predicted molar refractivity (Wildman–Crippen MR) is 69.9 cm³/mol. The number of aliphatic imine (C=N–C) groups is 1. The molecule has 0 fully saturated rings. The molecule has 1 rings (SSSR count). The zero-order chi connectivity index (χ0) is 11.3. The van der Waals surface area contributed by atoms with Crippen LogP contribution in [-0.4, -0.2) is 12.8 Å². The topological polar surface area (TPSA) is 15.6 Å². The van der Waals surface area contributed by atoms with Crippen molar-refractivity contribution in [1.29, 1.82) is 0 Å². The zero-order valence-corrected chi connectivity index (χ0v) is 10.2. The molecule has 0 bridgehead atoms. The molecule has 1 aromatic rings. The Balaban J connectivity index is 2.67. The molecule has 0 aliphatic carbocycles. The number of anilines is 1. The molecule has 0 unspecified atom stereocenters. The monoisotopic (exact) mass is 220 g/mol. The van der Waals surface area contributed by atoms with Crippen molar-refractivity contribution in [3.8, 4) is 0 Å². The van der Waals surface area contributed by atoms with Gasteiger partial charge in [-0.05, 0) is 32.1 Å². The average Bonchev–Trinajstić information content (AvgIpc) is 2.62. The molecule has 80 valence electrons. The molecule has 0 amide bonds. The van der Waals surface area contributed by atoms with Crippen molar-refractivity contribution in [3.63, 3.8) is 0 Å². The van der Waals surface area contributed by atoms with Gasteiger partial charge in [0.2, 0.25) is 0 Å². The fourth-order valence-electron chi connectivity index (χ4n) is 1.09. The fourth-order valence-corrected chi connectivity index (χ4v) is 1.90. The van der Waals surface area contributed by atoms with Gasteiger partial charge < -0.3 is 4.90 Å². The highest BCUT2D eigenvalue weighted by atomic mass is 32.1. The van der Waals surface area contributed by atoms with Crippen LogP contribution in [0.2, 0.25) is 0 Å². The van der Waals surface area contributed by atoms with Gasteiger partial charge >= 0.3 is 0 Å². The van der Waals surface area contributed by atoms with Crippen LogP contribution in [0.3, 0.4) is 0 Å². The van der Waals surface area contributed by atoms with Crippen molar-refractivity contribution in [3.05, 3.63) is 42.1 Å². The van der Waals surface area contributed by atoms with E-state index in [-0.39, 0.29) is 0 Å². The summed E-state index contributed by atoms with van der Waals surface area (Å²) in [6.45, 7) is 7.61. The molecule has 0 aliphatic heterocycles. The minimum atomic E-state index is 0.949. The standard InChI is InChI=1S/C12H16N2S/c1-5-13-10(2)8-9-14(4)12-7-6-11(3)15-12/h5-9H,1H2,2-4H3/b9-8-,13-10?. The lowest BCUT2D eigenvalue weighted by Gasteiger charge is -2.10. The highest BCUT2D eigenvalue weighted by molar-refractivity contribution is 7.16. The summed E-state index contributed by atoms with van der Waals surface area (Å²) in [4.78, 5) is 7.47. The Kier molecular flexibility index (Phi) is 4.31. The first-order chi connectivity index (χ1) is 7.13. The number of hydrogen-bond donors (Lipinski definition) is 0. The van der Waals surface area contributed by atoms with E-state index < -0.39 is 0 Å². The third kappa shape index (κ3) is 3.72. The number of aryl methyl sites for hydroxylation is 1. The summed E-state index contributed by atoms with van der Waals surface area (Å²) in [6, 6.07) is 4.24. The van der Waals surface area contributed by atoms with Crippen LogP contribution in [0.4, 0.5) is 5.00 Å². The number of hydrogen-bond acceptors (Lipinski definition) is 3. The van der Waals surface area contributed by atoms with E-state index >= 15 is 0 Å². The summed E-state index contributed by atoms with van der Waals surface area (Å²) in [6.07, 6.45) is 5.53. The fraction of sp³-hybridized carbons (Fsp3) is 0.250. The Bertz CT molecular complexity index is 388. The van der Waals surface area contributed by atoms with Crippen LogP contribution in [-0.2, 0) is 0 Å². The van der Waals surface area contributed by atoms with Gasteiger partial charge in [-0.2, -0.15) is 0 Å². The van der Waals surface area contributed by atoms with Gasteiger partial charge in [0.15, 0.2) is 0 Å². The molecule has 15 heavy (non-hydrogen) atoms. The summed E-state index contributed by atoms with van der Waals surface area (Å²) in [7, 11) is 2.03. The van der Waals surface area contributed by atoms with Gasteiger partial charge in [0.05, 0.1) is 5.00 Å². The normalized spacial score (nSPS) is 12.1. The summed E-state index contributed by atoms with van der Waals surface area (Å²) in [5.74, 6) is 0. The average molecular weight is 220 g/mol. The summed E-state index contributed by atoms with van der Waals surface area (Å²) < 4.78 is 0. The predicted octanol–water partition coefficient (Wildman–Crippen LogP) is 3.61. The maximum Gasteiger partial charge on any atom is 0.0948 e. The SMILES string of the molecule is C=CN=C(C)/C=C\N(C)c1ccc(C)s1. The maximum atomic E-state index is 4.07. The highest BCUT2D eigenvalue weighted by Crippen LogP contribution is 2.24. The molecule has 1 aromatic heterocycles. The van der Waals surface area contributed by atoms with Crippen LogP contribution >= 0.6 is 11.3 Å². The Morgan fingerprint density at radius 1 is 1.53 bits per heavy atom. The van der Waals surface area contributed by atoms with E-state index in [9.17, 15) is 0 Å². The molecule has 1 heterocycles. The van der Waals surface area contributed by atoms with E-state index in [4.69, 9.17) is 0 Å². The van der Waals surface area contributed by atoms with E-state index in [1.54, 1.807) is 17.5 Å². The van der Waals surface area contributed by atoms with E-state index in [1.807, 2.05) is 26.2 Å². The molecule has 0 saturated carbocycles. The van der Waals surface area contributed by atoms with Gasteiger partial charge in [0.1, 0.15) is 0 Å². The van der Waals surface area contributed by atoms with Crippen molar-refractivity contribution in [2.45, 2.75) is 13.8 Å². The van der Waals surface area contributed by atoms with Crippen LogP contribution in [0.25, 0.3) is 0 Å². The molecule has 0 saturated heterocycles. The lowest BCUT2D eigenvalue weighted by atomic mass is 10.4.